The molecule has 11 heteroatoms. The number of carbonyl (C=O) groups is 1. The number of hydrogen-bond donors (Lipinski definition) is 0. The number of benzene rings is 1. The standard InChI is InChI=1S/C20H20F2N4O3S2/c1-13-11-16(14(2)26(13)20-23-5-10-30-20)19(27)24-6-8-25(9-7-24)31(28,29)18-4-3-15(21)12-17(18)22/h3-5,10-12H,6-9H2,1-2H3. The number of sulfonamides is 1. The molecule has 0 atom stereocenters. The summed E-state index contributed by atoms with van der Waals surface area (Å²) in [4.78, 5) is 18.4. The Balaban J connectivity index is 1.50. The first kappa shape index (κ1) is 21.6. The Morgan fingerprint density at radius 1 is 1.10 bits per heavy atom. The van der Waals surface area contributed by atoms with Gasteiger partial charge < -0.3 is 4.90 Å². The van der Waals surface area contributed by atoms with Crippen LogP contribution in [0.15, 0.2) is 40.7 Å². The zero-order valence-corrected chi connectivity index (χ0v) is 18.5. The van der Waals surface area contributed by atoms with Crippen molar-refractivity contribution in [2.24, 2.45) is 0 Å². The number of thiazole rings is 1. The second kappa shape index (κ2) is 8.13. The number of nitrogens with zero attached hydrogens (tertiary/aromatic N) is 4. The molecular formula is C20H20F2N4O3S2. The normalized spacial score (nSPS) is 15.4. The SMILES string of the molecule is Cc1cc(C(=O)N2CCN(S(=O)(=O)c3ccc(F)cc3F)CC2)c(C)n1-c1nccs1. The first-order chi connectivity index (χ1) is 14.7. The van der Waals surface area contributed by atoms with Crippen molar-refractivity contribution in [2.75, 3.05) is 26.2 Å². The molecular weight excluding hydrogens is 446 g/mol. The molecule has 31 heavy (non-hydrogen) atoms. The second-order valence-corrected chi connectivity index (χ2v) is 9.99. The van der Waals surface area contributed by atoms with E-state index in [-0.39, 0.29) is 32.1 Å². The van der Waals surface area contributed by atoms with E-state index in [0.29, 0.717) is 11.6 Å². The number of rotatable bonds is 4. The Bertz CT molecular complexity index is 1230. The highest BCUT2D eigenvalue weighted by Gasteiger charge is 2.33. The molecule has 0 N–H and O–H groups in total. The van der Waals surface area contributed by atoms with Crippen LogP contribution in [0, 0.1) is 25.5 Å². The fraction of sp³-hybridized carbons (Fsp3) is 0.300. The molecule has 0 unspecified atom stereocenters. The number of halogens is 2. The molecule has 1 aromatic carbocycles. The lowest BCUT2D eigenvalue weighted by molar-refractivity contribution is 0.0697. The van der Waals surface area contributed by atoms with Crippen molar-refractivity contribution >= 4 is 27.3 Å². The topological polar surface area (TPSA) is 75.5 Å². The van der Waals surface area contributed by atoms with E-state index in [4.69, 9.17) is 0 Å². The molecule has 1 saturated heterocycles. The Morgan fingerprint density at radius 2 is 1.81 bits per heavy atom. The Labute approximate surface area is 182 Å². The van der Waals surface area contributed by atoms with Crippen LogP contribution in [0.25, 0.3) is 5.13 Å². The second-order valence-electron chi connectivity index (χ2n) is 7.21. The predicted octanol–water partition coefficient (Wildman–Crippen LogP) is 2.98. The van der Waals surface area contributed by atoms with Gasteiger partial charge in [-0.1, -0.05) is 0 Å². The first-order valence-corrected chi connectivity index (χ1v) is 11.9. The lowest BCUT2D eigenvalue weighted by Gasteiger charge is -2.34. The van der Waals surface area contributed by atoms with Gasteiger partial charge in [0.25, 0.3) is 5.91 Å². The van der Waals surface area contributed by atoms with Crippen molar-refractivity contribution in [2.45, 2.75) is 18.7 Å². The minimum absolute atomic E-state index is 0.0239. The minimum atomic E-state index is -4.12. The van der Waals surface area contributed by atoms with Crippen LogP contribution in [0.3, 0.4) is 0 Å². The molecule has 1 aliphatic heterocycles. The summed E-state index contributed by atoms with van der Waals surface area (Å²) in [6.45, 7) is 4.13. The summed E-state index contributed by atoms with van der Waals surface area (Å²) < 4.78 is 55.7. The smallest absolute Gasteiger partial charge is 0.255 e. The molecule has 4 rings (SSSR count). The molecule has 0 saturated carbocycles. The number of carbonyl (C=O) groups excluding carboxylic acids is 1. The van der Waals surface area contributed by atoms with Gasteiger partial charge in [-0.25, -0.2) is 22.2 Å². The highest BCUT2D eigenvalue weighted by atomic mass is 32.2. The van der Waals surface area contributed by atoms with Crippen LogP contribution in [-0.2, 0) is 10.0 Å². The largest absolute Gasteiger partial charge is 0.336 e. The number of hydrogen-bond acceptors (Lipinski definition) is 5. The highest BCUT2D eigenvalue weighted by molar-refractivity contribution is 7.89. The zero-order chi connectivity index (χ0) is 22.3. The molecule has 3 heterocycles. The van der Waals surface area contributed by atoms with Gasteiger partial charge in [0, 0.05) is 55.2 Å². The minimum Gasteiger partial charge on any atom is -0.336 e. The maximum atomic E-state index is 14.0. The maximum absolute atomic E-state index is 14.0. The Morgan fingerprint density at radius 3 is 2.42 bits per heavy atom. The fourth-order valence-electron chi connectivity index (χ4n) is 3.73. The van der Waals surface area contributed by atoms with Gasteiger partial charge in [0.15, 0.2) is 5.13 Å². The summed E-state index contributed by atoms with van der Waals surface area (Å²) >= 11 is 1.47. The number of aromatic nitrogens is 2. The Kier molecular flexibility index (Phi) is 5.67. The summed E-state index contributed by atoms with van der Waals surface area (Å²) in [6.07, 6.45) is 1.70. The zero-order valence-electron chi connectivity index (χ0n) is 16.9. The summed E-state index contributed by atoms with van der Waals surface area (Å²) in [5, 5.41) is 2.63. The summed E-state index contributed by atoms with van der Waals surface area (Å²) in [6, 6.07) is 4.18. The van der Waals surface area contributed by atoms with E-state index in [0.717, 1.165) is 33.0 Å². The van der Waals surface area contributed by atoms with E-state index in [2.05, 4.69) is 4.98 Å². The van der Waals surface area contributed by atoms with Gasteiger partial charge in [0.1, 0.15) is 16.5 Å². The average Bonchev–Trinajstić information content (AvgIpc) is 3.35. The summed E-state index contributed by atoms with van der Waals surface area (Å²) in [7, 11) is -4.12. The van der Waals surface area contributed by atoms with Gasteiger partial charge in [-0.3, -0.25) is 9.36 Å². The van der Waals surface area contributed by atoms with E-state index in [1.807, 2.05) is 23.8 Å². The van der Waals surface area contributed by atoms with Crippen molar-refractivity contribution in [3.05, 3.63) is 64.4 Å². The third kappa shape index (κ3) is 3.88. The third-order valence-corrected chi connectivity index (χ3v) is 8.00. The van der Waals surface area contributed by atoms with Crippen molar-refractivity contribution in [3.63, 3.8) is 0 Å². The van der Waals surface area contributed by atoms with Gasteiger partial charge in [-0.15, -0.1) is 11.3 Å². The van der Waals surface area contributed by atoms with Crippen LogP contribution in [-0.4, -0.2) is 59.3 Å². The van der Waals surface area contributed by atoms with Crippen LogP contribution in [0.2, 0.25) is 0 Å². The fourth-order valence-corrected chi connectivity index (χ4v) is 5.94. The summed E-state index contributed by atoms with van der Waals surface area (Å²) in [5.74, 6) is -2.17. The molecule has 2 aromatic heterocycles. The molecule has 0 aliphatic carbocycles. The molecule has 0 spiro atoms. The maximum Gasteiger partial charge on any atom is 0.255 e. The predicted molar refractivity (Wildman–Crippen MR) is 112 cm³/mol. The number of piperazine rings is 1. The lowest BCUT2D eigenvalue weighted by Crippen LogP contribution is -2.50. The number of amides is 1. The molecule has 1 fully saturated rings. The van der Waals surface area contributed by atoms with Crippen molar-refractivity contribution in [1.29, 1.82) is 0 Å². The van der Waals surface area contributed by atoms with Crippen molar-refractivity contribution < 1.29 is 22.0 Å². The molecule has 3 aromatic rings. The van der Waals surface area contributed by atoms with Crippen LogP contribution in [0.1, 0.15) is 21.7 Å². The van der Waals surface area contributed by atoms with E-state index >= 15 is 0 Å². The van der Waals surface area contributed by atoms with Gasteiger partial charge >= 0.3 is 0 Å². The first-order valence-electron chi connectivity index (χ1n) is 9.53. The molecule has 1 aliphatic rings. The van der Waals surface area contributed by atoms with E-state index < -0.39 is 26.6 Å². The van der Waals surface area contributed by atoms with Gasteiger partial charge in [-0.2, -0.15) is 4.31 Å². The lowest BCUT2D eigenvalue weighted by atomic mass is 10.2. The monoisotopic (exact) mass is 466 g/mol. The molecule has 0 bridgehead atoms. The van der Waals surface area contributed by atoms with E-state index in [1.54, 1.807) is 17.2 Å². The van der Waals surface area contributed by atoms with E-state index in [1.165, 1.54) is 11.3 Å². The van der Waals surface area contributed by atoms with Crippen LogP contribution < -0.4 is 0 Å². The van der Waals surface area contributed by atoms with E-state index in [9.17, 15) is 22.0 Å². The quantitative estimate of drug-likeness (QED) is 0.593. The van der Waals surface area contributed by atoms with Crippen LogP contribution >= 0.6 is 11.3 Å². The molecule has 7 nitrogen and oxygen atoms in total. The Hall–Kier alpha value is -2.63. The third-order valence-electron chi connectivity index (χ3n) is 5.31. The average molecular weight is 467 g/mol. The molecule has 164 valence electrons. The van der Waals surface area contributed by atoms with Gasteiger partial charge in [0.05, 0.1) is 5.56 Å². The van der Waals surface area contributed by atoms with Crippen molar-refractivity contribution in [1.82, 2.24) is 18.8 Å². The van der Waals surface area contributed by atoms with Gasteiger partial charge in [0.2, 0.25) is 10.0 Å². The summed E-state index contributed by atoms with van der Waals surface area (Å²) in [5.41, 5.74) is 2.18. The highest BCUT2D eigenvalue weighted by Crippen LogP contribution is 2.25. The van der Waals surface area contributed by atoms with Gasteiger partial charge in [-0.05, 0) is 32.0 Å². The molecule has 0 radical (unpaired) electrons. The molecule has 1 amide bonds. The van der Waals surface area contributed by atoms with Crippen molar-refractivity contribution in [3.8, 4) is 5.13 Å². The van der Waals surface area contributed by atoms with Crippen LogP contribution in [0.4, 0.5) is 8.78 Å². The number of aryl methyl sites for hydroxylation is 1. The van der Waals surface area contributed by atoms with Crippen LogP contribution in [0.5, 0.6) is 0 Å².